The van der Waals surface area contributed by atoms with Crippen LogP contribution in [0.25, 0.3) is 16.6 Å². The maximum Gasteiger partial charge on any atom is 0.273 e. The number of methoxy groups -OCH3 is 1. The van der Waals surface area contributed by atoms with Crippen molar-refractivity contribution in [3.8, 4) is 11.4 Å². The summed E-state index contributed by atoms with van der Waals surface area (Å²) in [6.45, 7) is 0. The van der Waals surface area contributed by atoms with E-state index in [0.717, 1.165) is 6.20 Å². The number of para-hydroxylation sites is 1. The third-order valence-electron chi connectivity index (χ3n) is 3.96. The lowest BCUT2D eigenvalue weighted by Crippen LogP contribution is -2.05. The first kappa shape index (κ1) is 17.0. The topological polar surface area (TPSA) is 84.8 Å². The lowest BCUT2D eigenvalue weighted by atomic mass is 10.2. The summed E-state index contributed by atoms with van der Waals surface area (Å²) in [4.78, 5) is 20.5. The zero-order valence-corrected chi connectivity index (χ0v) is 14.8. The Morgan fingerprint density at radius 1 is 1.19 bits per heavy atom. The van der Waals surface area contributed by atoms with Gasteiger partial charge in [0.2, 0.25) is 0 Å². The second kappa shape index (κ2) is 6.73. The lowest BCUT2D eigenvalue weighted by molar-refractivity contribution is 0.412. The normalized spacial score (nSPS) is 10.9. The van der Waals surface area contributed by atoms with Gasteiger partial charge in [-0.05, 0) is 24.3 Å². The highest BCUT2D eigenvalue weighted by Gasteiger charge is 2.15. The number of aromatic amines is 1. The van der Waals surface area contributed by atoms with E-state index in [-0.39, 0.29) is 5.56 Å². The van der Waals surface area contributed by atoms with Crippen LogP contribution in [0.3, 0.4) is 0 Å². The molecule has 0 atom stereocenters. The van der Waals surface area contributed by atoms with Gasteiger partial charge in [0.05, 0.1) is 29.2 Å². The van der Waals surface area contributed by atoms with E-state index in [9.17, 15) is 9.18 Å². The Balaban J connectivity index is 1.84. The summed E-state index contributed by atoms with van der Waals surface area (Å²) in [6, 6.07) is 9.69. The van der Waals surface area contributed by atoms with E-state index in [4.69, 9.17) is 16.3 Å². The second-order valence-electron chi connectivity index (χ2n) is 5.64. The van der Waals surface area contributed by atoms with Crippen molar-refractivity contribution in [1.29, 1.82) is 0 Å². The van der Waals surface area contributed by atoms with Crippen molar-refractivity contribution in [1.82, 2.24) is 19.7 Å². The molecule has 27 heavy (non-hydrogen) atoms. The molecular weight excluding hydrogens is 373 g/mol. The highest BCUT2D eigenvalue weighted by Crippen LogP contribution is 2.32. The molecule has 0 bridgehead atoms. The third kappa shape index (κ3) is 3.11. The van der Waals surface area contributed by atoms with Gasteiger partial charge in [-0.3, -0.25) is 9.89 Å². The molecule has 0 saturated heterocycles. The summed E-state index contributed by atoms with van der Waals surface area (Å²) in [7, 11) is 1.50. The molecule has 1 aromatic carbocycles. The molecule has 7 nitrogen and oxygen atoms in total. The molecule has 4 rings (SSSR count). The van der Waals surface area contributed by atoms with Gasteiger partial charge in [0, 0.05) is 12.3 Å². The van der Waals surface area contributed by atoms with Gasteiger partial charge in [-0.25, -0.2) is 19.0 Å². The number of benzene rings is 1. The first-order valence-electron chi connectivity index (χ1n) is 7.89. The van der Waals surface area contributed by atoms with Crippen molar-refractivity contribution in [2.75, 3.05) is 12.4 Å². The monoisotopic (exact) mass is 385 g/mol. The molecule has 136 valence electrons. The van der Waals surface area contributed by atoms with Gasteiger partial charge in [-0.2, -0.15) is 0 Å². The van der Waals surface area contributed by atoms with E-state index < -0.39 is 5.82 Å². The minimum absolute atomic E-state index is 0.300. The standard InChI is InChI=1S/C18H13ClFN5O2/c1-27-17-12(19)3-2-4-13(17)25-14-7-16(22-9-11(14)18(26)24-25)23-15-6-5-10(20)8-21-15/h2-9H,1H3,(H,24,26)(H,21,22,23). The number of anilines is 2. The van der Waals surface area contributed by atoms with Crippen LogP contribution in [0.2, 0.25) is 5.02 Å². The predicted molar refractivity (Wildman–Crippen MR) is 101 cm³/mol. The number of aromatic nitrogens is 4. The molecule has 4 aromatic rings. The summed E-state index contributed by atoms with van der Waals surface area (Å²) in [5, 5.41) is 6.55. The molecule has 0 aliphatic rings. The molecule has 3 heterocycles. The highest BCUT2D eigenvalue weighted by atomic mass is 35.5. The molecule has 0 saturated carbocycles. The summed E-state index contributed by atoms with van der Waals surface area (Å²) >= 11 is 6.19. The van der Waals surface area contributed by atoms with Crippen LogP contribution in [0.5, 0.6) is 5.75 Å². The fraction of sp³-hybridized carbons (Fsp3) is 0.0556. The first-order valence-corrected chi connectivity index (χ1v) is 8.27. The van der Waals surface area contributed by atoms with Crippen molar-refractivity contribution >= 4 is 34.1 Å². The zero-order valence-electron chi connectivity index (χ0n) is 14.0. The van der Waals surface area contributed by atoms with Gasteiger partial charge in [0.1, 0.15) is 23.1 Å². The molecule has 9 heteroatoms. The van der Waals surface area contributed by atoms with Crippen molar-refractivity contribution in [3.63, 3.8) is 0 Å². The Morgan fingerprint density at radius 3 is 2.74 bits per heavy atom. The largest absolute Gasteiger partial charge is 0.493 e. The molecule has 0 aliphatic heterocycles. The molecule has 0 aliphatic carbocycles. The fourth-order valence-electron chi connectivity index (χ4n) is 2.74. The quantitative estimate of drug-likeness (QED) is 0.560. The van der Waals surface area contributed by atoms with E-state index in [2.05, 4.69) is 20.4 Å². The zero-order chi connectivity index (χ0) is 19.0. The van der Waals surface area contributed by atoms with Crippen molar-refractivity contribution in [2.24, 2.45) is 0 Å². The molecule has 0 fully saturated rings. The summed E-state index contributed by atoms with van der Waals surface area (Å²) in [5.41, 5.74) is 0.848. The van der Waals surface area contributed by atoms with E-state index in [1.54, 1.807) is 28.9 Å². The van der Waals surface area contributed by atoms with Gasteiger partial charge < -0.3 is 10.1 Å². The number of fused-ring (bicyclic) bond motifs is 1. The molecule has 3 aromatic heterocycles. The van der Waals surface area contributed by atoms with Crippen LogP contribution in [0.15, 0.2) is 53.6 Å². The lowest BCUT2D eigenvalue weighted by Gasteiger charge is -2.12. The Labute approximate surface area is 157 Å². The molecule has 0 unspecified atom stereocenters. The predicted octanol–water partition coefficient (Wildman–Crippen LogP) is 3.65. The van der Waals surface area contributed by atoms with Crippen LogP contribution in [-0.4, -0.2) is 26.9 Å². The van der Waals surface area contributed by atoms with Crippen LogP contribution < -0.4 is 15.6 Å². The maximum absolute atomic E-state index is 13.0. The van der Waals surface area contributed by atoms with E-state index in [0.29, 0.717) is 39.0 Å². The van der Waals surface area contributed by atoms with Crippen LogP contribution in [0.1, 0.15) is 0 Å². The number of ether oxygens (including phenoxy) is 1. The number of pyridine rings is 2. The SMILES string of the molecule is COc1c(Cl)cccc1-n1[nH]c(=O)c2cnc(Nc3ccc(F)cn3)cc21. The van der Waals surface area contributed by atoms with Gasteiger partial charge >= 0.3 is 0 Å². The van der Waals surface area contributed by atoms with Gasteiger partial charge in [-0.1, -0.05) is 17.7 Å². The van der Waals surface area contributed by atoms with Crippen molar-refractivity contribution < 1.29 is 9.13 Å². The van der Waals surface area contributed by atoms with Gasteiger partial charge in [0.15, 0.2) is 5.75 Å². The number of nitrogens with zero attached hydrogens (tertiary/aromatic N) is 3. The van der Waals surface area contributed by atoms with Gasteiger partial charge in [0.25, 0.3) is 5.56 Å². The van der Waals surface area contributed by atoms with E-state index in [1.807, 2.05) is 0 Å². The minimum Gasteiger partial charge on any atom is -0.493 e. The number of H-pyrrole nitrogens is 1. The van der Waals surface area contributed by atoms with E-state index in [1.165, 1.54) is 25.4 Å². The number of nitrogens with one attached hydrogen (secondary N) is 2. The number of hydrogen-bond donors (Lipinski definition) is 2. The Morgan fingerprint density at radius 2 is 2.00 bits per heavy atom. The average molecular weight is 386 g/mol. The second-order valence-corrected chi connectivity index (χ2v) is 6.05. The number of rotatable bonds is 4. The fourth-order valence-corrected chi connectivity index (χ4v) is 2.99. The number of hydrogen-bond acceptors (Lipinski definition) is 5. The summed E-state index contributed by atoms with van der Waals surface area (Å²) in [5.74, 6) is 0.860. The minimum atomic E-state index is -0.434. The maximum atomic E-state index is 13.0. The average Bonchev–Trinajstić information content (AvgIpc) is 2.99. The molecule has 0 amide bonds. The Bertz CT molecular complexity index is 1190. The van der Waals surface area contributed by atoms with E-state index >= 15 is 0 Å². The van der Waals surface area contributed by atoms with Crippen LogP contribution in [0.4, 0.5) is 16.0 Å². The molecular formula is C18H13ClFN5O2. The van der Waals surface area contributed by atoms with Crippen molar-refractivity contribution in [3.05, 3.63) is 70.0 Å². The Hall–Kier alpha value is -3.39. The summed E-state index contributed by atoms with van der Waals surface area (Å²) in [6.07, 6.45) is 2.55. The van der Waals surface area contributed by atoms with Crippen molar-refractivity contribution in [2.45, 2.75) is 0 Å². The first-order chi connectivity index (χ1) is 13.1. The highest BCUT2D eigenvalue weighted by molar-refractivity contribution is 6.32. The molecule has 0 spiro atoms. The number of halogens is 2. The van der Waals surface area contributed by atoms with Crippen LogP contribution in [0, 0.1) is 5.82 Å². The Kier molecular flexibility index (Phi) is 4.25. The third-order valence-corrected chi connectivity index (χ3v) is 4.25. The van der Waals surface area contributed by atoms with Gasteiger partial charge in [-0.15, -0.1) is 0 Å². The molecule has 0 radical (unpaired) electrons. The summed E-state index contributed by atoms with van der Waals surface area (Å²) < 4.78 is 20.0. The smallest absolute Gasteiger partial charge is 0.273 e. The van der Waals surface area contributed by atoms with Crippen LogP contribution >= 0.6 is 11.6 Å². The molecule has 2 N–H and O–H groups in total. The van der Waals surface area contributed by atoms with Crippen LogP contribution in [-0.2, 0) is 0 Å².